The van der Waals surface area contributed by atoms with Crippen LogP contribution in [0.1, 0.15) is 74.1 Å². The highest BCUT2D eigenvalue weighted by Crippen LogP contribution is 2.32. The van der Waals surface area contributed by atoms with Crippen LogP contribution in [0.4, 0.5) is 0 Å². The Bertz CT molecular complexity index is 169. The van der Waals surface area contributed by atoms with Gasteiger partial charge < -0.3 is 5.32 Å². The molecule has 0 saturated carbocycles. The van der Waals surface area contributed by atoms with E-state index in [1.54, 1.807) is 0 Å². The largest absolute Gasteiger partial charge is 0.312 e. The average Bonchev–Trinajstić information content (AvgIpc) is 2.16. The minimum Gasteiger partial charge on any atom is -0.312 e. The van der Waals surface area contributed by atoms with Gasteiger partial charge in [-0.3, -0.25) is 0 Å². The topological polar surface area (TPSA) is 12.0 Å². The van der Waals surface area contributed by atoms with Gasteiger partial charge in [-0.05, 0) is 44.4 Å². The van der Waals surface area contributed by atoms with Gasteiger partial charge in [-0.25, -0.2) is 0 Å². The summed E-state index contributed by atoms with van der Waals surface area (Å²) < 4.78 is 0. The zero-order chi connectivity index (χ0) is 12.8. The first-order valence-corrected chi connectivity index (χ1v) is 7.07. The predicted octanol–water partition coefficient (Wildman–Crippen LogP) is 4.62. The zero-order valence-electron chi connectivity index (χ0n) is 12.6. The lowest BCUT2D eigenvalue weighted by molar-refractivity contribution is 0.207. The fourth-order valence-corrected chi connectivity index (χ4v) is 2.39. The molecule has 16 heavy (non-hydrogen) atoms. The highest BCUT2D eigenvalue weighted by Gasteiger charge is 2.23. The van der Waals surface area contributed by atoms with Gasteiger partial charge in [-0.1, -0.05) is 41.0 Å². The second-order valence-corrected chi connectivity index (χ2v) is 6.43. The van der Waals surface area contributed by atoms with Crippen molar-refractivity contribution < 1.29 is 0 Å². The van der Waals surface area contributed by atoms with Crippen LogP contribution in [0.15, 0.2) is 0 Å². The Morgan fingerprint density at radius 1 is 0.875 bits per heavy atom. The number of rotatable bonds is 7. The summed E-state index contributed by atoms with van der Waals surface area (Å²) in [7, 11) is 0. The van der Waals surface area contributed by atoms with Crippen LogP contribution in [0.2, 0.25) is 0 Å². The maximum absolute atomic E-state index is 3.66. The lowest BCUT2D eigenvalue weighted by atomic mass is 9.76. The van der Waals surface area contributed by atoms with E-state index >= 15 is 0 Å². The Balaban J connectivity index is 3.93. The molecule has 0 aliphatic rings. The summed E-state index contributed by atoms with van der Waals surface area (Å²) in [5.74, 6) is 0.855. The Morgan fingerprint density at radius 2 is 1.44 bits per heavy atom. The van der Waals surface area contributed by atoms with Gasteiger partial charge in [0.05, 0.1) is 0 Å². The van der Waals surface area contributed by atoms with Crippen LogP contribution in [0.25, 0.3) is 0 Å². The first kappa shape index (κ1) is 16.0. The van der Waals surface area contributed by atoms with Crippen molar-refractivity contribution in [3.8, 4) is 0 Å². The summed E-state index contributed by atoms with van der Waals surface area (Å²) in [4.78, 5) is 0. The first-order chi connectivity index (χ1) is 7.31. The molecule has 0 aliphatic heterocycles. The van der Waals surface area contributed by atoms with Crippen LogP contribution in [0.3, 0.4) is 0 Å². The Kier molecular flexibility index (Phi) is 7.30. The van der Waals surface area contributed by atoms with E-state index in [1.807, 2.05) is 0 Å². The van der Waals surface area contributed by atoms with E-state index in [0.717, 1.165) is 5.92 Å². The van der Waals surface area contributed by atoms with Crippen LogP contribution < -0.4 is 5.32 Å². The van der Waals surface area contributed by atoms with Gasteiger partial charge in [0.1, 0.15) is 0 Å². The molecular formula is C15H33N. The smallest absolute Gasteiger partial charge is 0.00413 e. The lowest BCUT2D eigenvalue weighted by Gasteiger charge is -2.31. The normalized spacial score (nSPS) is 18.2. The standard InChI is InChI=1S/C15H33N/c1-8-12(3)16-13(4)10-11-14(9-2)15(5,6)7/h12-14,16H,8-11H2,1-7H3/t12?,13?,14-/m1/s1. The molecular weight excluding hydrogens is 194 g/mol. The monoisotopic (exact) mass is 227 g/mol. The molecule has 3 atom stereocenters. The fraction of sp³-hybridized carbons (Fsp3) is 1.00. The van der Waals surface area contributed by atoms with E-state index in [1.165, 1.54) is 25.7 Å². The molecule has 1 nitrogen and oxygen atoms in total. The molecule has 0 amide bonds. The highest BCUT2D eigenvalue weighted by atomic mass is 14.9. The third-order valence-electron chi connectivity index (χ3n) is 3.85. The molecule has 0 rings (SSSR count). The minimum absolute atomic E-state index is 0.463. The lowest BCUT2D eigenvalue weighted by Crippen LogP contribution is -2.34. The van der Waals surface area contributed by atoms with Gasteiger partial charge in [-0.15, -0.1) is 0 Å². The number of nitrogens with one attached hydrogen (secondary N) is 1. The quantitative estimate of drug-likeness (QED) is 0.669. The third-order valence-corrected chi connectivity index (χ3v) is 3.85. The first-order valence-electron chi connectivity index (χ1n) is 7.07. The summed E-state index contributed by atoms with van der Waals surface area (Å²) in [5, 5.41) is 3.66. The molecule has 0 aliphatic carbocycles. The summed E-state index contributed by atoms with van der Waals surface area (Å²) in [5.41, 5.74) is 0.463. The Morgan fingerprint density at radius 3 is 1.81 bits per heavy atom. The van der Waals surface area contributed by atoms with E-state index < -0.39 is 0 Å². The van der Waals surface area contributed by atoms with Crippen molar-refractivity contribution in [1.29, 1.82) is 0 Å². The van der Waals surface area contributed by atoms with Crippen LogP contribution in [0.5, 0.6) is 0 Å². The van der Waals surface area contributed by atoms with E-state index in [2.05, 4.69) is 53.8 Å². The molecule has 0 bridgehead atoms. The molecule has 0 spiro atoms. The molecule has 0 aromatic carbocycles. The van der Waals surface area contributed by atoms with Gasteiger partial charge >= 0.3 is 0 Å². The molecule has 0 radical (unpaired) electrons. The zero-order valence-corrected chi connectivity index (χ0v) is 12.6. The molecule has 0 saturated heterocycles. The van der Waals surface area contributed by atoms with Crippen molar-refractivity contribution in [1.82, 2.24) is 5.32 Å². The average molecular weight is 227 g/mol. The maximum Gasteiger partial charge on any atom is 0.00413 e. The van der Waals surface area contributed by atoms with Crippen molar-refractivity contribution in [3.05, 3.63) is 0 Å². The van der Waals surface area contributed by atoms with E-state index in [4.69, 9.17) is 0 Å². The van der Waals surface area contributed by atoms with Crippen molar-refractivity contribution in [3.63, 3.8) is 0 Å². The number of hydrogen-bond acceptors (Lipinski definition) is 1. The van der Waals surface area contributed by atoms with Crippen molar-refractivity contribution in [2.24, 2.45) is 11.3 Å². The number of hydrogen-bond donors (Lipinski definition) is 1. The molecule has 0 fully saturated rings. The SMILES string of the molecule is CCC(C)NC(C)CC[C@@H](CC)C(C)(C)C. The van der Waals surface area contributed by atoms with Crippen LogP contribution in [-0.4, -0.2) is 12.1 Å². The van der Waals surface area contributed by atoms with Crippen molar-refractivity contribution in [2.45, 2.75) is 86.2 Å². The molecule has 0 aromatic heterocycles. The maximum atomic E-state index is 3.66. The predicted molar refractivity (Wildman–Crippen MR) is 74.8 cm³/mol. The second-order valence-electron chi connectivity index (χ2n) is 6.43. The second kappa shape index (κ2) is 7.32. The molecule has 1 heteroatoms. The summed E-state index contributed by atoms with van der Waals surface area (Å²) in [6.07, 6.45) is 5.19. The van der Waals surface area contributed by atoms with E-state index in [-0.39, 0.29) is 0 Å². The highest BCUT2D eigenvalue weighted by molar-refractivity contribution is 4.75. The summed E-state index contributed by atoms with van der Waals surface area (Å²) >= 11 is 0. The van der Waals surface area contributed by atoms with Gasteiger partial charge in [-0.2, -0.15) is 0 Å². The van der Waals surface area contributed by atoms with E-state index in [9.17, 15) is 0 Å². The Hall–Kier alpha value is -0.0400. The van der Waals surface area contributed by atoms with Crippen LogP contribution in [-0.2, 0) is 0 Å². The van der Waals surface area contributed by atoms with E-state index in [0.29, 0.717) is 17.5 Å². The van der Waals surface area contributed by atoms with Gasteiger partial charge in [0, 0.05) is 12.1 Å². The molecule has 2 unspecified atom stereocenters. The Labute approximate surface area is 103 Å². The van der Waals surface area contributed by atoms with Gasteiger partial charge in [0.2, 0.25) is 0 Å². The van der Waals surface area contributed by atoms with Crippen molar-refractivity contribution >= 4 is 0 Å². The molecule has 1 N–H and O–H groups in total. The summed E-state index contributed by atoms with van der Waals surface area (Å²) in [6.45, 7) is 16.3. The third kappa shape index (κ3) is 6.52. The minimum atomic E-state index is 0.463. The molecule has 0 heterocycles. The van der Waals surface area contributed by atoms with Crippen LogP contribution in [0, 0.1) is 11.3 Å². The van der Waals surface area contributed by atoms with Crippen LogP contribution >= 0.6 is 0 Å². The van der Waals surface area contributed by atoms with Crippen molar-refractivity contribution in [2.75, 3.05) is 0 Å². The van der Waals surface area contributed by atoms with Gasteiger partial charge in [0.25, 0.3) is 0 Å². The van der Waals surface area contributed by atoms with Gasteiger partial charge in [0.15, 0.2) is 0 Å². The molecule has 0 aromatic rings. The fourth-order valence-electron chi connectivity index (χ4n) is 2.39. The molecule has 98 valence electrons. The summed E-state index contributed by atoms with van der Waals surface area (Å²) in [6, 6.07) is 1.32.